The third-order valence-corrected chi connectivity index (χ3v) is 7.35. The van der Waals surface area contributed by atoms with Gasteiger partial charge in [-0.2, -0.15) is 0 Å². The molecule has 27 heavy (non-hydrogen) atoms. The Balaban J connectivity index is 1.39. The zero-order chi connectivity index (χ0) is 18.6. The molecule has 0 radical (unpaired) electrons. The number of aliphatic hydroxyl groups is 1. The second-order valence-electron chi connectivity index (χ2n) is 8.97. The van der Waals surface area contributed by atoms with Crippen LogP contribution in [-0.2, 0) is 5.41 Å². The number of halogens is 1. The van der Waals surface area contributed by atoms with Crippen LogP contribution in [0.25, 0.3) is 0 Å². The summed E-state index contributed by atoms with van der Waals surface area (Å²) in [7, 11) is 0. The van der Waals surface area contributed by atoms with Crippen molar-refractivity contribution in [2.45, 2.75) is 49.5 Å². The number of benzene rings is 2. The van der Waals surface area contributed by atoms with Crippen molar-refractivity contribution >= 4 is 27.8 Å². The molecule has 0 heterocycles. The van der Waals surface area contributed by atoms with Gasteiger partial charge in [-0.25, -0.2) is 0 Å². The summed E-state index contributed by atoms with van der Waals surface area (Å²) in [5.74, 6) is 1.60. The maximum atomic E-state index is 11.0. The molecule has 2 aromatic carbocycles. The highest BCUT2D eigenvalue weighted by molar-refractivity contribution is 9.10. The first-order valence-electron chi connectivity index (χ1n) is 9.79. The van der Waals surface area contributed by atoms with E-state index in [-0.39, 0.29) is 11.2 Å². The molecule has 4 aliphatic carbocycles. The minimum Gasteiger partial charge on any atom is -0.507 e. The summed E-state index contributed by atoms with van der Waals surface area (Å²) in [6.07, 6.45) is 8.38. The zero-order valence-electron chi connectivity index (χ0n) is 15.2. The first-order chi connectivity index (χ1) is 12.9. The summed E-state index contributed by atoms with van der Waals surface area (Å²) in [5, 5.41) is 20.9. The van der Waals surface area contributed by atoms with Gasteiger partial charge in [0.25, 0.3) is 0 Å². The molecule has 0 saturated heterocycles. The van der Waals surface area contributed by atoms with Crippen LogP contribution in [0.5, 0.6) is 5.75 Å². The summed E-state index contributed by atoms with van der Waals surface area (Å²) in [4.78, 5) is 4.52. The highest BCUT2D eigenvalue weighted by atomic mass is 79.9. The summed E-state index contributed by atoms with van der Waals surface area (Å²) in [6, 6.07) is 13.8. The number of aliphatic imine (C=N–C) groups is 1. The van der Waals surface area contributed by atoms with Gasteiger partial charge < -0.3 is 10.2 Å². The van der Waals surface area contributed by atoms with Crippen molar-refractivity contribution in [3.05, 3.63) is 58.1 Å². The Hall–Kier alpha value is -1.65. The van der Waals surface area contributed by atoms with E-state index in [9.17, 15) is 10.2 Å². The smallest absolute Gasteiger partial charge is 0.124 e. The van der Waals surface area contributed by atoms with Crippen LogP contribution in [0.15, 0.2) is 51.9 Å². The van der Waals surface area contributed by atoms with Crippen LogP contribution in [0.2, 0.25) is 0 Å². The second kappa shape index (κ2) is 6.18. The first-order valence-corrected chi connectivity index (χ1v) is 10.6. The number of phenolic OH excluding ortho intramolecular Hbond substituents is 1. The molecule has 4 heteroatoms. The quantitative estimate of drug-likeness (QED) is 0.638. The van der Waals surface area contributed by atoms with Gasteiger partial charge in [0, 0.05) is 16.3 Å². The predicted octanol–water partition coefficient (Wildman–Crippen LogP) is 5.49. The predicted molar refractivity (Wildman–Crippen MR) is 111 cm³/mol. The van der Waals surface area contributed by atoms with Crippen LogP contribution in [0, 0.1) is 11.8 Å². The minimum atomic E-state index is -0.431. The number of phenols is 1. The van der Waals surface area contributed by atoms with Crippen LogP contribution in [0.4, 0.5) is 5.69 Å². The number of aromatic hydroxyl groups is 1. The zero-order valence-corrected chi connectivity index (χ0v) is 16.8. The van der Waals surface area contributed by atoms with Gasteiger partial charge in [-0.1, -0.05) is 28.1 Å². The lowest BCUT2D eigenvalue weighted by Crippen LogP contribution is -2.57. The fourth-order valence-corrected chi connectivity index (χ4v) is 6.60. The average molecular weight is 426 g/mol. The Morgan fingerprint density at radius 1 is 1.00 bits per heavy atom. The Labute approximate surface area is 168 Å². The van der Waals surface area contributed by atoms with Crippen LogP contribution >= 0.6 is 15.9 Å². The molecule has 2 N–H and O–H groups in total. The fraction of sp³-hybridized carbons (Fsp3) is 0.435. The van der Waals surface area contributed by atoms with Gasteiger partial charge in [0.05, 0.1) is 11.3 Å². The molecule has 140 valence electrons. The minimum absolute atomic E-state index is 0.156. The molecule has 4 bridgehead atoms. The van der Waals surface area contributed by atoms with Crippen molar-refractivity contribution in [3.63, 3.8) is 0 Å². The van der Waals surface area contributed by atoms with E-state index in [1.165, 1.54) is 24.8 Å². The van der Waals surface area contributed by atoms with Crippen LogP contribution in [0.3, 0.4) is 0 Å². The molecular weight excluding hydrogens is 402 g/mol. The maximum absolute atomic E-state index is 11.0. The summed E-state index contributed by atoms with van der Waals surface area (Å²) in [5.41, 5.74) is 2.65. The molecule has 6 rings (SSSR count). The van der Waals surface area contributed by atoms with E-state index in [0.717, 1.165) is 29.4 Å². The standard InChI is InChI=1S/C23H24BrNO2/c24-19-3-6-21(26)17(8-19)13-25-20-4-1-18(2-5-20)22-9-15-7-16(10-22)12-23(27,11-15)14-22/h1-6,8,13,15-16,26-27H,7,9-12,14H2/t15-,16-,22?,23?/m1/s1. The van der Waals surface area contributed by atoms with Gasteiger partial charge in [0.1, 0.15) is 5.75 Å². The van der Waals surface area contributed by atoms with Crippen molar-refractivity contribution in [1.29, 1.82) is 0 Å². The first kappa shape index (κ1) is 17.4. The summed E-state index contributed by atoms with van der Waals surface area (Å²) in [6.45, 7) is 0. The third kappa shape index (κ3) is 3.13. The van der Waals surface area contributed by atoms with Crippen molar-refractivity contribution in [2.75, 3.05) is 0 Å². The topological polar surface area (TPSA) is 52.8 Å². The molecule has 0 aromatic heterocycles. The molecule has 0 amide bonds. The Morgan fingerprint density at radius 2 is 1.70 bits per heavy atom. The summed E-state index contributed by atoms with van der Waals surface area (Å²) < 4.78 is 0.914. The number of hydrogen-bond acceptors (Lipinski definition) is 3. The van der Waals surface area contributed by atoms with Gasteiger partial charge in [0.2, 0.25) is 0 Å². The SMILES string of the molecule is Oc1ccc(Br)cc1C=Nc1ccc(C23C[C@H]4C[C@@H](CC(O)(C4)C2)C3)cc1. The monoisotopic (exact) mass is 425 g/mol. The average Bonchev–Trinajstić information content (AvgIpc) is 2.61. The lowest BCUT2D eigenvalue weighted by molar-refractivity contribution is -0.136. The van der Waals surface area contributed by atoms with Crippen LogP contribution in [-0.4, -0.2) is 22.0 Å². The van der Waals surface area contributed by atoms with E-state index in [0.29, 0.717) is 17.4 Å². The molecule has 2 atom stereocenters. The maximum Gasteiger partial charge on any atom is 0.124 e. The molecule has 4 aliphatic rings. The van der Waals surface area contributed by atoms with Crippen LogP contribution in [0.1, 0.15) is 49.7 Å². The molecule has 4 saturated carbocycles. The Morgan fingerprint density at radius 3 is 2.37 bits per heavy atom. The molecular formula is C23H24BrNO2. The van der Waals surface area contributed by atoms with Gasteiger partial charge in [-0.3, -0.25) is 4.99 Å². The van der Waals surface area contributed by atoms with E-state index in [2.05, 4.69) is 45.2 Å². The highest BCUT2D eigenvalue weighted by Gasteiger charge is 2.57. The molecule has 3 nitrogen and oxygen atoms in total. The number of nitrogens with zero attached hydrogens (tertiary/aromatic N) is 1. The fourth-order valence-electron chi connectivity index (χ4n) is 6.23. The Bertz CT molecular complexity index is 891. The van der Waals surface area contributed by atoms with Crippen molar-refractivity contribution in [2.24, 2.45) is 16.8 Å². The molecule has 0 aliphatic heterocycles. The third-order valence-electron chi connectivity index (χ3n) is 6.85. The molecule has 4 fully saturated rings. The van der Waals surface area contributed by atoms with E-state index in [1.54, 1.807) is 18.3 Å². The van der Waals surface area contributed by atoms with Crippen molar-refractivity contribution in [3.8, 4) is 5.75 Å². The number of rotatable bonds is 3. The largest absolute Gasteiger partial charge is 0.507 e. The number of hydrogen-bond donors (Lipinski definition) is 2. The van der Waals surface area contributed by atoms with Crippen molar-refractivity contribution < 1.29 is 10.2 Å². The van der Waals surface area contributed by atoms with E-state index in [4.69, 9.17) is 0 Å². The normalized spacial score (nSPS) is 34.4. The Kier molecular flexibility index (Phi) is 3.99. The molecule has 0 spiro atoms. The van der Waals surface area contributed by atoms with E-state index in [1.807, 2.05) is 6.07 Å². The highest BCUT2D eigenvalue weighted by Crippen LogP contribution is 2.62. The van der Waals surface area contributed by atoms with Gasteiger partial charge in [-0.15, -0.1) is 0 Å². The van der Waals surface area contributed by atoms with Gasteiger partial charge in [-0.05, 0) is 91.7 Å². The van der Waals surface area contributed by atoms with Gasteiger partial charge in [0.15, 0.2) is 0 Å². The molecule has 2 aromatic rings. The lowest BCUT2D eigenvalue weighted by Gasteiger charge is -2.60. The van der Waals surface area contributed by atoms with Gasteiger partial charge >= 0.3 is 0 Å². The van der Waals surface area contributed by atoms with Crippen molar-refractivity contribution in [1.82, 2.24) is 0 Å². The van der Waals surface area contributed by atoms with E-state index >= 15 is 0 Å². The molecule has 0 unspecified atom stereocenters. The summed E-state index contributed by atoms with van der Waals surface area (Å²) >= 11 is 3.42. The van der Waals surface area contributed by atoms with E-state index < -0.39 is 5.60 Å². The van der Waals surface area contributed by atoms with Crippen LogP contribution < -0.4 is 0 Å². The second-order valence-corrected chi connectivity index (χ2v) is 9.89. The lowest BCUT2D eigenvalue weighted by atomic mass is 9.46.